The van der Waals surface area contributed by atoms with Crippen molar-refractivity contribution in [3.8, 4) is 0 Å². The summed E-state index contributed by atoms with van der Waals surface area (Å²) in [6.45, 7) is 4.06. The van der Waals surface area contributed by atoms with Crippen LogP contribution >= 0.6 is 0 Å². The molecule has 0 spiro atoms. The van der Waals surface area contributed by atoms with E-state index in [4.69, 9.17) is 10.8 Å². The van der Waals surface area contributed by atoms with Crippen LogP contribution in [0.4, 0.5) is 0 Å². The summed E-state index contributed by atoms with van der Waals surface area (Å²) in [5.41, 5.74) is 5.59. The van der Waals surface area contributed by atoms with E-state index in [1.807, 2.05) is 0 Å². The highest BCUT2D eigenvalue weighted by Gasteiger charge is 2.38. The van der Waals surface area contributed by atoms with Crippen LogP contribution < -0.4 is 11.1 Å². The molecule has 98 valence electrons. The van der Waals surface area contributed by atoms with Crippen molar-refractivity contribution in [1.82, 2.24) is 5.32 Å². The summed E-state index contributed by atoms with van der Waals surface area (Å²) in [5, 5.41) is 11.6. The first-order valence-corrected chi connectivity index (χ1v) is 6.12. The number of carboxylic acid groups (broad SMARTS) is 1. The molecule has 0 aromatic carbocycles. The molecule has 1 aliphatic rings. The molecule has 1 unspecified atom stereocenters. The molecule has 17 heavy (non-hydrogen) atoms. The fraction of sp³-hybridized carbons (Fsp3) is 0.833. The second-order valence-electron chi connectivity index (χ2n) is 5.36. The lowest BCUT2D eigenvalue weighted by atomic mass is 9.66. The van der Waals surface area contributed by atoms with Crippen molar-refractivity contribution in [1.29, 1.82) is 0 Å². The van der Waals surface area contributed by atoms with Crippen molar-refractivity contribution in [2.24, 2.45) is 17.1 Å². The van der Waals surface area contributed by atoms with Gasteiger partial charge in [0.15, 0.2) is 0 Å². The van der Waals surface area contributed by atoms with Gasteiger partial charge in [0.05, 0.1) is 0 Å². The Morgan fingerprint density at radius 2 is 2.00 bits per heavy atom. The van der Waals surface area contributed by atoms with Crippen LogP contribution in [0.1, 0.15) is 39.5 Å². The lowest BCUT2D eigenvalue weighted by Gasteiger charge is -2.40. The molecule has 5 nitrogen and oxygen atoms in total. The Hall–Kier alpha value is -1.10. The van der Waals surface area contributed by atoms with Crippen molar-refractivity contribution >= 4 is 11.9 Å². The molecular weight excluding hydrogens is 220 g/mol. The average molecular weight is 242 g/mol. The highest BCUT2D eigenvalue weighted by molar-refractivity contribution is 5.84. The number of aliphatic carboxylic acids is 1. The van der Waals surface area contributed by atoms with Crippen molar-refractivity contribution in [2.45, 2.75) is 45.6 Å². The maximum atomic E-state index is 11.8. The van der Waals surface area contributed by atoms with Gasteiger partial charge in [-0.05, 0) is 30.7 Å². The predicted octanol–water partition coefficient (Wildman–Crippen LogP) is 0.731. The molecule has 1 atom stereocenters. The molecule has 1 amide bonds. The van der Waals surface area contributed by atoms with Crippen molar-refractivity contribution in [3.05, 3.63) is 0 Å². The van der Waals surface area contributed by atoms with E-state index in [2.05, 4.69) is 5.32 Å². The minimum atomic E-state index is -0.983. The Morgan fingerprint density at radius 1 is 1.41 bits per heavy atom. The molecule has 0 radical (unpaired) electrons. The standard InChI is InChI=1S/C12H22N2O3/c1-8(2)10(11(16)17)14-9(15)6-12(7-13)4-3-5-12/h8,10H,3-7,13H2,1-2H3,(H,14,15)(H,16,17). The summed E-state index contributed by atoms with van der Waals surface area (Å²) in [6.07, 6.45) is 3.39. The zero-order chi connectivity index (χ0) is 13.1. The fourth-order valence-electron chi connectivity index (χ4n) is 2.21. The van der Waals surface area contributed by atoms with Crippen LogP contribution in [0.25, 0.3) is 0 Å². The second kappa shape index (κ2) is 5.49. The van der Waals surface area contributed by atoms with Gasteiger partial charge < -0.3 is 16.2 Å². The van der Waals surface area contributed by atoms with Gasteiger partial charge in [0.2, 0.25) is 5.91 Å². The summed E-state index contributed by atoms with van der Waals surface area (Å²) in [7, 11) is 0. The van der Waals surface area contributed by atoms with Crippen LogP contribution in [0.3, 0.4) is 0 Å². The monoisotopic (exact) mass is 242 g/mol. The quantitative estimate of drug-likeness (QED) is 0.640. The number of hydrogen-bond acceptors (Lipinski definition) is 3. The first-order chi connectivity index (χ1) is 7.90. The Bertz CT molecular complexity index is 293. The van der Waals surface area contributed by atoms with Crippen LogP contribution in [0.15, 0.2) is 0 Å². The highest BCUT2D eigenvalue weighted by Crippen LogP contribution is 2.42. The first-order valence-electron chi connectivity index (χ1n) is 6.12. The predicted molar refractivity (Wildman–Crippen MR) is 64.4 cm³/mol. The summed E-state index contributed by atoms with van der Waals surface area (Å²) in [6, 6.07) is -0.808. The molecule has 0 bridgehead atoms. The SMILES string of the molecule is CC(C)C(NC(=O)CC1(CN)CCC1)C(=O)O. The highest BCUT2D eigenvalue weighted by atomic mass is 16.4. The van der Waals surface area contributed by atoms with Gasteiger partial charge in [-0.1, -0.05) is 20.3 Å². The Labute approximate surface area is 102 Å². The van der Waals surface area contributed by atoms with Crippen molar-refractivity contribution in [2.75, 3.05) is 6.54 Å². The van der Waals surface area contributed by atoms with Gasteiger partial charge in [0.1, 0.15) is 6.04 Å². The third-order valence-electron chi connectivity index (χ3n) is 3.63. The lowest BCUT2D eigenvalue weighted by Crippen LogP contribution is -2.48. The summed E-state index contributed by atoms with van der Waals surface area (Å²) < 4.78 is 0. The number of carbonyl (C=O) groups is 2. The van der Waals surface area contributed by atoms with Gasteiger partial charge in [0, 0.05) is 6.42 Å². The van der Waals surface area contributed by atoms with E-state index in [0.717, 1.165) is 19.3 Å². The van der Waals surface area contributed by atoms with Gasteiger partial charge in [-0.25, -0.2) is 4.79 Å². The van der Waals surface area contributed by atoms with E-state index in [-0.39, 0.29) is 17.2 Å². The molecule has 0 heterocycles. The average Bonchev–Trinajstić information content (AvgIpc) is 2.19. The number of amides is 1. The summed E-state index contributed by atoms with van der Waals surface area (Å²) in [5.74, 6) is -1.30. The third kappa shape index (κ3) is 3.43. The van der Waals surface area contributed by atoms with E-state index in [0.29, 0.717) is 13.0 Å². The van der Waals surface area contributed by atoms with Gasteiger partial charge in [-0.3, -0.25) is 4.79 Å². The minimum absolute atomic E-state index is 0.0792. The lowest BCUT2D eigenvalue weighted by molar-refractivity contribution is -0.143. The molecule has 1 saturated carbocycles. The number of rotatable bonds is 6. The molecule has 1 rings (SSSR count). The topological polar surface area (TPSA) is 92.4 Å². The van der Waals surface area contributed by atoms with Crippen LogP contribution in [-0.4, -0.2) is 29.6 Å². The molecule has 0 aromatic heterocycles. The summed E-state index contributed by atoms with van der Waals surface area (Å²) in [4.78, 5) is 22.8. The maximum Gasteiger partial charge on any atom is 0.326 e. The molecule has 0 aliphatic heterocycles. The molecule has 5 heteroatoms. The minimum Gasteiger partial charge on any atom is -0.480 e. The molecule has 0 aromatic rings. The van der Waals surface area contributed by atoms with Crippen molar-refractivity contribution in [3.63, 3.8) is 0 Å². The van der Waals surface area contributed by atoms with Crippen LogP contribution in [0, 0.1) is 11.3 Å². The molecule has 1 aliphatic carbocycles. The van der Waals surface area contributed by atoms with E-state index >= 15 is 0 Å². The van der Waals surface area contributed by atoms with E-state index in [9.17, 15) is 9.59 Å². The van der Waals surface area contributed by atoms with Gasteiger partial charge in [-0.15, -0.1) is 0 Å². The number of carbonyl (C=O) groups excluding carboxylic acids is 1. The van der Waals surface area contributed by atoms with Crippen LogP contribution in [-0.2, 0) is 9.59 Å². The van der Waals surface area contributed by atoms with Gasteiger partial charge in [0.25, 0.3) is 0 Å². The molecule has 4 N–H and O–H groups in total. The Morgan fingerprint density at radius 3 is 2.29 bits per heavy atom. The zero-order valence-corrected chi connectivity index (χ0v) is 10.5. The normalized spacial score (nSPS) is 19.5. The van der Waals surface area contributed by atoms with Crippen LogP contribution in [0.2, 0.25) is 0 Å². The Balaban J connectivity index is 2.50. The number of nitrogens with one attached hydrogen (secondary N) is 1. The van der Waals surface area contributed by atoms with Crippen molar-refractivity contribution < 1.29 is 14.7 Å². The van der Waals surface area contributed by atoms with Crippen LogP contribution in [0.5, 0.6) is 0 Å². The van der Waals surface area contributed by atoms with Gasteiger partial charge >= 0.3 is 5.97 Å². The smallest absolute Gasteiger partial charge is 0.326 e. The maximum absolute atomic E-state index is 11.8. The molecule has 1 fully saturated rings. The van der Waals surface area contributed by atoms with E-state index < -0.39 is 12.0 Å². The Kier molecular flexibility index (Phi) is 4.51. The first kappa shape index (κ1) is 14.0. The van der Waals surface area contributed by atoms with Gasteiger partial charge in [-0.2, -0.15) is 0 Å². The second-order valence-corrected chi connectivity index (χ2v) is 5.36. The fourth-order valence-corrected chi connectivity index (χ4v) is 2.21. The molecule has 0 saturated heterocycles. The summed E-state index contributed by atoms with van der Waals surface area (Å²) >= 11 is 0. The number of nitrogens with two attached hydrogens (primary N) is 1. The largest absolute Gasteiger partial charge is 0.480 e. The van der Waals surface area contributed by atoms with E-state index in [1.54, 1.807) is 13.8 Å². The van der Waals surface area contributed by atoms with E-state index in [1.165, 1.54) is 0 Å². The number of carboxylic acids is 1. The number of hydrogen-bond donors (Lipinski definition) is 3. The zero-order valence-electron chi connectivity index (χ0n) is 10.5. The molecular formula is C12H22N2O3. The third-order valence-corrected chi connectivity index (χ3v) is 3.63.